The van der Waals surface area contributed by atoms with E-state index in [0.29, 0.717) is 17.9 Å². The molecular formula is C25H25NO3. The van der Waals surface area contributed by atoms with Gasteiger partial charge in [0, 0.05) is 17.8 Å². The average Bonchev–Trinajstić information content (AvgIpc) is 2.74. The van der Waals surface area contributed by atoms with Gasteiger partial charge in [-0.1, -0.05) is 35.6 Å². The molecule has 4 heteroatoms. The lowest BCUT2D eigenvalue weighted by atomic mass is 9.88. The topological polar surface area (TPSA) is 38.8 Å². The van der Waals surface area contributed by atoms with Crippen LogP contribution in [0.25, 0.3) is 5.57 Å². The summed E-state index contributed by atoms with van der Waals surface area (Å²) in [6.45, 7) is 8.40. The summed E-state index contributed by atoms with van der Waals surface area (Å²) in [5.74, 6) is 7.02. The molecule has 0 saturated heterocycles. The van der Waals surface area contributed by atoms with Gasteiger partial charge in [0.25, 0.3) is 0 Å². The molecule has 0 aliphatic carbocycles. The molecular weight excluding hydrogens is 362 g/mol. The monoisotopic (exact) mass is 387 g/mol. The van der Waals surface area contributed by atoms with Crippen molar-refractivity contribution in [2.45, 2.75) is 19.9 Å². The van der Waals surface area contributed by atoms with Gasteiger partial charge >= 0.3 is 5.97 Å². The maximum absolute atomic E-state index is 12.6. The lowest BCUT2D eigenvalue weighted by Gasteiger charge is -2.37. The lowest BCUT2D eigenvalue weighted by molar-refractivity contribution is -0.133. The number of hydrogen-bond acceptors (Lipinski definition) is 4. The summed E-state index contributed by atoms with van der Waals surface area (Å²) in [6, 6.07) is 13.6. The van der Waals surface area contributed by atoms with E-state index in [0.717, 1.165) is 22.4 Å². The molecule has 1 aliphatic rings. The molecule has 3 rings (SSSR count). The Labute approximate surface area is 172 Å². The van der Waals surface area contributed by atoms with Crippen molar-refractivity contribution in [3.8, 4) is 17.6 Å². The van der Waals surface area contributed by atoms with Crippen molar-refractivity contribution in [1.29, 1.82) is 0 Å². The van der Waals surface area contributed by atoms with Crippen LogP contribution in [-0.2, 0) is 9.53 Å². The van der Waals surface area contributed by atoms with E-state index in [9.17, 15) is 4.79 Å². The standard InChI is InChI=1S/C25H25NO3/c1-6-15-26-18(3)24(25(27)29-5)21-13-12-20(28-4)16-22(21)23(26)14-11-19-9-7-17(2)8-10-19/h6-10,12-13,16,23H,1,15H2,2-5H3. The summed E-state index contributed by atoms with van der Waals surface area (Å²) < 4.78 is 10.5. The summed E-state index contributed by atoms with van der Waals surface area (Å²) in [5.41, 5.74) is 5.23. The highest BCUT2D eigenvalue weighted by Gasteiger charge is 2.33. The maximum Gasteiger partial charge on any atom is 0.340 e. The Kier molecular flexibility index (Phi) is 6.09. The van der Waals surface area contributed by atoms with E-state index in [1.807, 2.05) is 55.5 Å². The number of ether oxygens (including phenoxy) is 2. The van der Waals surface area contributed by atoms with Crippen molar-refractivity contribution in [3.63, 3.8) is 0 Å². The van der Waals surface area contributed by atoms with Gasteiger partial charge in [-0.15, -0.1) is 6.58 Å². The molecule has 0 fully saturated rings. The fraction of sp³-hybridized carbons (Fsp3) is 0.240. The number of nitrogens with zero attached hydrogens (tertiary/aromatic N) is 1. The Morgan fingerprint density at radius 3 is 2.52 bits per heavy atom. The summed E-state index contributed by atoms with van der Waals surface area (Å²) >= 11 is 0. The Morgan fingerprint density at radius 1 is 1.17 bits per heavy atom. The van der Waals surface area contributed by atoms with Crippen molar-refractivity contribution in [2.24, 2.45) is 0 Å². The van der Waals surface area contributed by atoms with Crippen LogP contribution in [-0.4, -0.2) is 31.6 Å². The highest BCUT2D eigenvalue weighted by molar-refractivity contribution is 6.18. The number of carbonyl (C=O) groups is 1. The predicted molar refractivity (Wildman–Crippen MR) is 115 cm³/mol. The van der Waals surface area contributed by atoms with E-state index in [-0.39, 0.29) is 12.0 Å². The molecule has 0 spiro atoms. The second kappa shape index (κ2) is 8.70. The summed E-state index contributed by atoms with van der Waals surface area (Å²) in [6.07, 6.45) is 1.81. The number of benzene rings is 2. The number of esters is 1. The molecule has 0 radical (unpaired) electrons. The van der Waals surface area contributed by atoms with Crippen LogP contribution >= 0.6 is 0 Å². The molecule has 148 valence electrons. The maximum atomic E-state index is 12.6. The zero-order valence-electron chi connectivity index (χ0n) is 17.3. The Hall–Kier alpha value is -3.45. The Morgan fingerprint density at radius 2 is 1.90 bits per heavy atom. The zero-order chi connectivity index (χ0) is 21.0. The normalized spacial score (nSPS) is 15.2. The van der Waals surface area contributed by atoms with Gasteiger partial charge in [0.05, 0.1) is 19.8 Å². The van der Waals surface area contributed by atoms with Crippen LogP contribution < -0.4 is 4.74 Å². The van der Waals surface area contributed by atoms with Gasteiger partial charge in [-0.05, 0) is 55.3 Å². The third kappa shape index (κ3) is 4.05. The third-order valence-electron chi connectivity index (χ3n) is 5.05. The molecule has 0 N–H and O–H groups in total. The highest BCUT2D eigenvalue weighted by atomic mass is 16.5. The van der Waals surface area contributed by atoms with Crippen LogP contribution in [0, 0.1) is 18.8 Å². The van der Waals surface area contributed by atoms with E-state index in [2.05, 4.69) is 30.2 Å². The van der Waals surface area contributed by atoms with Crippen LogP contribution in [0.3, 0.4) is 0 Å². The van der Waals surface area contributed by atoms with Crippen molar-refractivity contribution in [2.75, 3.05) is 20.8 Å². The van der Waals surface area contributed by atoms with Gasteiger partial charge in [0.15, 0.2) is 0 Å². The molecule has 4 nitrogen and oxygen atoms in total. The van der Waals surface area contributed by atoms with Gasteiger partial charge in [-0.2, -0.15) is 0 Å². The number of carbonyl (C=O) groups excluding carboxylic acids is 1. The van der Waals surface area contributed by atoms with Gasteiger partial charge in [0.2, 0.25) is 0 Å². The van der Waals surface area contributed by atoms with Crippen LogP contribution in [0.2, 0.25) is 0 Å². The lowest BCUT2D eigenvalue weighted by Crippen LogP contribution is -2.33. The first-order chi connectivity index (χ1) is 14.0. The van der Waals surface area contributed by atoms with Gasteiger partial charge < -0.3 is 14.4 Å². The highest BCUT2D eigenvalue weighted by Crippen LogP contribution is 2.40. The number of hydrogen-bond donors (Lipinski definition) is 0. The van der Waals surface area contributed by atoms with E-state index in [4.69, 9.17) is 9.47 Å². The number of allylic oxidation sites excluding steroid dienone is 1. The molecule has 0 bridgehead atoms. The zero-order valence-corrected chi connectivity index (χ0v) is 17.3. The van der Waals surface area contributed by atoms with Crippen molar-refractivity contribution in [1.82, 2.24) is 4.90 Å². The number of rotatable bonds is 4. The molecule has 0 saturated carbocycles. The van der Waals surface area contributed by atoms with Crippen LogP contribution in [0.15, 0.2) is 60.8 Å². The minimum Gasteiger partial charge on any atom is -0.497 e. The minimum atomic E-state index is -0.368. The molecule has 2 aromatic carbocycles. The molecule has 1 unspecified atom stereocenters. The minimum absolute atomic E-state index is 0.243. The quantitative estimate of drug-likeness (QED) is 0.440. The first kappa shape index (κ1) is 20.3. The average molecular weight is 387 g/mol. The molecule has 29 heavy (non-hydrogen) atoms. The van der Waals surface area contributed by atoms with Gasteiger partial charge in [-0.25, -0.2) is 4.79 Å². The molecule has 1 atom stereocenters. The van der Waals surface area contributed by atoms with Crippen molar-refractivity contribution in [3.05, 3.63) is 83.1 Å². The first-order valence-corrected chi connectivity index (χ1v) is 9.43. The predicted octanol–water partition coefficient (Wildman–Crippen LogP) is 4.50. The second-order valence-electron chi connectivity index (χ2n) is 6.88. The molecule has 1 heterocycles. The third-order valence-corrected chi connectivity index (χ3v) is 5.05. The molecule has 0 aromatic heterocycles. The van der Waals surface area contributed by atoms with E-state index in [1.54, 1.807) is 7.11 Å². The summed E-state index contributed by atoms with van der Waals surface area (Å²) in [5, 5.41) is 0. The number of fused-ring (bicyclic) bond motifs is 1. The molecule has 0 amide bonds. The van der Waals surface area contributed by atoms with Gasteiger partial charge in [-0.3, -0.25) is 0 Å². The second-order valence-corrected chi connectivity index (χ2v) is 6.88. The SMILES string of the molecule is C=CCN1C(C)=C(C(=O)OC)c2ccc(OC)cc2C1C#Cc1ccc(C)cc1. The fourth-order valence-corrected chi connectivity index (χ4v) is 3.51. The van der Waals surface area contributed by atoms with Gasteiger partial charge in [0.1, 0.15) is 11.8 Å². The number of aryl methyl sites for hydroxylation is 1. The van der Waals surface area contributed by atoms with Crippen LogP contribution in [0.5, 0.6) is 5.75 Å². The smallest absolute Gasteiger partial charge is 0.340 e. The van der Waals surface area contributed by atoms with E-state index in [1.165, 1.54) is 12.7 Å². The molecule has 1 aliphatic heterocycles. The van der Waals surface area contributed by atoms with Crippen molar-refractivity contribution >= 4 is 11.5 Å². The van der Waals surface area contributed by atoms with E-state index < -0.39 is 0 Å². The summed E-state index contributed by atoms with van der Waals surface area (Å²) in [7, 11) is 3.02. The van der Waals surface area contributed by atoms with Crippen LogP contribution in [0.1, 0.15) is 35.2 Å². The first-order valence-electron chi connectivity index (χ1n) is 9.43. The molecule has 2 aromatic rings. The Balaban J connectivity index is 2.19. The Bertz CT molecular complexity index is 1020. The van der Waals surface area contributed by atoms with Crippen LogP contribution in [0.4, 0.5) is 0 Å². The van der Waals surface area contributed by atoms with Crippen molar-refractivity contribution < 1.29 is 14.3 Å². The van der Waals surface area contributed by atoms with E-state index >= 15 is 0 Å². The largest absolute Gasteiger partial charge is 0.497 e. The summed E-state index contributed by atoms with van der Waals surface area (Å²) in [4.78, 5) is 14.6. The number of methoxy groups -OCH3 is 2. The fourth-order valence-electron chi connectivity index (χ4n) is 3.51.